The molecule has 1 unspecified atom stereocenters. The van der Waals surface area contributed by atoms with E-state index in [1.165, 1.54) is 0 Å². The van der Waals surface area contributed by atoms with Crippen LogP contribution in [0.25, 0.3) is 0 Å². The van der Waals surface area contributed by atoms with E-state index >= 15 is 0 Å². The Hall–Kier alpha value is -3.72. The summed E-state index contributed by atoms with van der Waals surface area (Å²) in [7, 11) is 0. The second-order valence-corrected chi connectivity index (χ2v) is 6.74. The summed E-state index contributed by atoms with van der Waals surface area (Å²) in [6, 6.07) is 19.4. The number of allylic oxidation sites excluding steroid dienone is 2. The molecule has 154 valence electrons. The van der Waals surface area contributed by atoms with E-state index in [9.17, 15) is 10.1 Å². The molecule has 1 atom stereocenters. The van der Waals surface area contributed by atoms with Gasteiger partial charge >= 0.3 is 5.97 Å². The zero-order chi connectivity index (χ0) is 21.5. The molecular weight excluding hydrogens is 380 g/mol. The van der Waals surface area contributed by atoms with E-state index < -0.39 is 11.9 Å². The number of nitriles is 1. The van der Waals surface area contributed by atoms with Crippen LogP contribution in [0.1, 0.15) is 30.9 Å². The lowest BCUT2D eigenvalue weighted by molar-refractivity contribution is -0.139. The van der Waals surface area contributed by atoms with Gasteiger partial charge in [0, 0.05) is 12.0 Å². The molecule has 0 bridgehead atoms. The van der Waals surface area contributed by atoms with Crippen molar-refractivity contribution in [1.29, 1.82) is 5.26 Å². The van der Waals surface area contributed by atoms with Crippen molar-refractivity contribution in [2.75, 3.05) is 13.2 Å². The van der Waals surface area contributed by atoms with Crippen molar-refractivity contribution in [3.05, 3.63) is 88.5 Å². The first-order valence-electron chi connectivity index (χ1n) is 9.77. The standard InChI is InChI=1S/C24H24N2O4/c1-3-28-24(27)21-16(2)30-23(26)19(15-25)22(21)18-11-7-8-12-20(18)29-14-13-17-9-5-4-6-10-17/h4-12,22H,3,13-14,26H2,1-2H3. The minimum Gasteiger partial charge on any atom is -0.493 e. The van der Waals surface area contributed by atoms with Crippen molar-refractivity contribution in [2.24, 2.45) is 5.73 Å². The molecule has 30 heavy (non-hydrogen) atoms. The van der Waals surface area contributed by atoms with Crippen molar-refractivity contribution >= 4 is 5.97 Å². The average molecular weight is 404 g/mol. The van der Waals surface area contributed by atoms with Crippen molar-refractivity contribution in [3.8, 4) is 11.8 Å². The van der Waals surface area contributed by atoms with Gasteiger partial charge in [-0.3, -0.25) is 0 Å². The zero-order valence-corrected chi connectivity index (χ0v) is 17.1. The van der Waals surface area contributed by atoms with Crippen LogP contribution in [0, 0.1) is 11.3 Å². The fourth-order valence-electron chi connectivity index (χ4n) is 3.44. The van der Waals surface area contributed by atoms with Crippen LogP contribution in [0.5, 0.6) is 5.75 Å². The van der Waals surface area contributed by atoms with Gasteiger partial charge in [0.1, 0.15) is 23.2 Å². The van der Waals surface area contributed by atoms with Gasteiger partial charge in [-0.2, -0.15) is 5.26 Å². The zero-order valence-electron chi connectivity index (χ0n) is 17.1. The maximum Gasteiger partial charge on any atom is 0.338 e. The van der Waals surface area contributed by atoms with Crippen LogP contribution in [0.3, 0.4) is 0 Å². The van der Waals surface area contributed by atoms with Crippen molar-refractivity contribution in [3.63, 3.8) is 0 Å². The van der Waals surface area contributed by atoms with Gasteiger partial charge < -0.3 is 19.9 Å². The predicted octanol–water partition coefficient (Wildman–Crippen LogP) is 3.95. The lowest BCUT2D eigenvalue weighted by Crippen LogP contribution is -2.26. The number of ether oxygens (including phenoxy) is 3. The highest BCUT2D eigenvalue weighted by molar-refractivity contribution is 5.92. The summed E-state index contributed by atoms with van der Waals surface area (Å²) in [5.74, 6) is -0.397. The number of carbonyl (C=O) groups excluding carboxylic acids is 1. The van der Waals surface area contributed by atoms with Gasteiger partial charge in [-0.1, -0.05) is 48.5 Å². The Morgan fingerprint density at radius 1 is 1.17 bits per heavy atom. The highest BCUT2D eigenvalue weighted by Crippen LogP contribution is 2.42. The van der Waals surface area contributed by atoms with Crippen molar-refractivity contribution in [2.45, 2.75) is 26.2 Å². The fraction of sp³-hybridized carbons (Fsp3) is 0.250. The van der Waals surface area contributed by atoms with Gasteiger partial charge in [-0.25, -0.2) is 4.79 Å². The van der Waals surface area contributed by atoms with Crippen LogP contribution < -0.4 is 10.5 Å². The summed E-state index contributed by atoms with van der Waals surface area (Å²) in [6.07, 6.45) is 0.728. The van der Waals surface area contributed by atoms with Crippen LogP contribution in [0.15, 0.2) is 77.4 Å². The van der Waals surface area contributed by atoms with E-state index in [0.29, 0.717) is 23.7 Å². The summed E-state index contributed by atoms with van der Waals surface area (Å²) < 4.78 is 16.8. The Kier molecular flexibility index (Phi) is 6.76. The first kappa shape index (κ1) is 21.0. The Morgan fingerprint density at radius 3 is 2.57 bits per heavy atom. The summed E-state index contributed by atoms with van der Waals surface area (Å²) in [5.41, 5.74) is 8.21. The Labute approximate surface area is 176 Å². The molecule has 6 nitrogen and oxygen atoms in total. The SMILES string of the molecule is CCOC(=O)C1=C(C)OC(N)=C(C#N)C1c1ccccc1OCCc1ccccc1. The van der Waals surface area contributed by atoms with Crippen molar-refractivity contribution in [1.82, 2.24) is 0 Å². The number of esters is 1. The topological polar surface area (TPSA) is 94.6 Å². The lowest BCUT2D eigenvalue weighted by Gasteiger charge is -2.28. The van der Waals surface area contributed by atoms with Gasteiger partial charge in [-0.15, -0.1) is 0 Å². The quantitative estimate of drug-likeness (QED) is 0.702. The molecule has 2 aromatic carbocycles. The first-order chi connectivity index (χ1) is 14.6. The van der Waals surface area contributed by atoms with E-state index in [1.807, 2.05) is 54.6 Å². The normalized spacial score (nSPS) is 16.0. The molecule has 0 amide bonds. The molecule has 0 spiro atoms. The molecule has 6 heteroatoms. The molecule has 2 N–H and O–H groups in total. The molecule has 0 saturated heterocycles. The number of para-hydroxylation sites is 1. The Balaban J connectivity index is 1.95. The molecule has 1 aliphatic heterocycles. The smallest absolute Gasteiger partial charge is 0.338 e. The number of rotatable bonds is 7. The van der Waals surface area contributed by atoms with Crippen LogP contribution in [0.2, 0.25) is 0 Å². The van der Waals surface area contributed by atoms with E-state index in [4.69, 9.17) is 19.9 Å². The number of hydrogen-bond acceptors (Lipinski definition) is 6. The maximum absolute atomic E-state index is 12.7. The average Bonchev–Trinajstić information content (AvgIpc) is 2.74. The van der Waals surface area contributed by atoms with Crippen LogP contribution in [0.4, 0.5) is 0 Å². The molecular formula is C24H24N2O4. The second-order valence-electron chi connectivity index (χ2n) is 6.74. The van der Waals surface area contributed by atoms with Crippen LogP contribution >= 0.6 is 0 Å². The molecule has 2 aromatic rings. The number of nitrogens with zero attached hydrogens (tertiary/aromatic N) is 1. The molecule has 1 heterocycles. The molecule has 0 radical (unpaired) electrons. The number of benzene rings is 2. The molecule has 0 saturated carbocycles. The summed E-state index contributed by atoms with van der Waals surface area (Å²) >= 11 is 0. The largest absolute Gasteiger partial charge is 0.493 e. The maximum atomic E-state index is 12.7. The molecule has 0 fully saturated rings. The minimum atomic E-state index is -0.726. The molecule has 0 aliphatic carbocycles. The third-order valence-electron chi connectivity index (χ3n) is 4.82. The van der Waals surface area contributed by atoms with Crippen LogP contribution in [-0.4, -0.2) is 19.2 Å². The van der Waals surface area contributed by atoms with Gasteiger partial charge in [0.25, 0.3) is 0 Å². The monoisotopic (exact) mass is 404 g/mol. The first-order valence-corrected chi connectivity index (χ1v) is 9.77. The molecule has 1 aliphatic rings. The van der Waals surface area contributed by atoms with Gasteiger partial charge in [0.05, 0.1) is 24.7 Å². The third kappa shape index (κ3) is 4.47. The van der Waals surface area contributed by atoms with E-state index in [2.05, 4.69) is 6.07 Å². The van der Waals surface area contributed by atoms with Gasteiger partial charge in [0.2, 0.25) is 5.88 Å². The molecule has 3 rings (SSSR count). The Morgan fingerprint density at radius 2 is 1.87 bits per heavy atom. The fourth-order valence-corrected chi connectivity index (χ4v) is 3.44. The highest BCUT2D eigenvalue weighted by Gasteiger charge is 2.37. The third-order valence-corrected chi connectivity index (χ3v) is 4.82. The summed E-state index contributed by atoms with van der Waals surface area (Å²) in [4.78, 5) is 12.7. The van der Waals surface area contributed by atoms with E-state index in [-0.39, 0.29) is 23.6 Å². The van der Waals surface area contributed by atoms with Gasteiger partial charge in [0.15, 0.2) is 0 Å². The molecule has 0 aromatic heterocycles. The van der Waals surface area contributed by atoms with E-state index in [0.717, 1.165) is 12.0 Å². The highest BCUT2D eigenvalue weighted by atomic mass is 16.5. The minimum absolute atomic E-state index is 0.0212. The Bertz CT molecular complexity index is 1020. The van der Waals surface area contributed by atoms with Crippen molar-refractivity contribution < 1.29 is 19.0 Å². The number of carbonyl (C=O) groups is 1. The van der Waals surface area contributed by atoms with Crippen LogP contribution in [-0.2, 0) is 20.7 Å². The second kappa shape index (κ2) is 9.66. The van der Waals surface area contributed by atoms with E-state index in [1.54, 1.807) is 13.8 Å². The summed E-state index contributed by atoms with van der Waals surface area (Å²) in [6.45, 7) is 4.02. The number of nitrogens with two attached hydrogens (primary N) is 1. The lowest BCUT2D eigenvalue weighted by atomic mass is 9.82. The predicted molar refractivity (Wildman–Crippen MR) is 112 cm³/mol. The number of hydrogen-bond donors (Lipinski definition) is 1. The van der Waals surface area contributed by atoms with Gasteiger partial charge in [-0.05, 0) is 25.5 Å². The summed E-state index contributed by atoms with van der Waals surface area (Å²) in [5, 5.41) is 9.74.